The first-order chi connectivity index (χ1) is 15.4. The maximum atomic E-state index is 10.8. The van der Waals surface area contributed by atoms with Gasteiger partial charge >= 0.3 is 0 Å². The van der Waals surface area contributed by atoms with Gasteiger partial charge in [0.1, 0.15) is 23.0 Å². The van der Waals surface area contributed by atoms with Crippen LogP contribution < -0.4 is 0 Å². The number of hydrogen-bond donors (Lipinski definition) is 4. The Morgan fingerprint density at radius 1 is 0.438 bits per heavy atom. The van der Waals surface area contributed by atoms with Crippen LogP contribution in [0.3, 0.4) is 0 Å². The van der Waals surface area contributed by atoms with Crippen LogP contribution in [-0.2, 0) is 0 Å². The van der Waals surface area contributed by atoms with Gasteiger partial charge in [-0.25, -0.2) is 0 Å². The van der Waals surface area contributed by atoms with Crippen molar-refractivity contribution in [1.29, 1.82) is 0 Å². The second kappa shape index (κ2) is 7.20. The molecular weight excluding hydrogens is 400 g/mol. The molecule has 0 aliphatic rings. The van der Waals surface area contributed by atoms with E-state index < -0.39 is 0 Å². The van der Waals surface area contributed by atoms with Crippen LogP contribution in [-0.4, -0.2) is 20.4 Å². The number of phenolic OH excluding ortho intramolecular Hbond substituents is 4. The minimum Gasteiger partial charge on any atom is -0.508 e. The topological polar surface area (TPSA) is 80.9 Å². The third-order valence-corrected chi connectivity index (χ3v) is 6.03. The Morgan fingerprint density at radius 2 is 0.750 bits per heavy atom. The fourth-order valence-electron chi connectivity index (χ4n) is 4.82. The van der Waals surface area contributed by atoms with Crippen molar-refractivity contribution in [2.75, 3.05) is 0 Å². The first kappa shape index (κ1) is 19.8. The van der Waals surface area contributed by atoms with Crippen molar-refractivity contribution in [3.8, 4) is 45.3 Å². The summed E-state index contributed by atoms with van der Waals surface area (Å²) in [5, 5.41) is 45.2. The van der Waals surface area contributed by atoms with Crippen molar-refractivity contribution in [3.05, 3.63) is 83.9 Å². The van der Waals surface area contributed by atoms with Crippen LogP contribution in [0, 0.1) is 13.8 Å². The molecule has 5 rings (SSSR count). The molecule has 5 aromatic rings. The lowest BCUT2D eigenvalue weighted by atomic mass is 9.83. The molecule has 0 aromatic heterocycles. The molecule has 0 saturated heterocycles. The molecule has 158 valence electrons. The predicted molar refractivity (Wildman–Crippen MR) is 128 cm³/mol. The van der Waals surface area contributed by atoms with Crippen molar-refractivity contribution in [1.82, 2.24) is 0 Å². The van der Waals surface area contributed by atoms with Crippen LogP contribution in [0.1, 0.15) is 11.1 Å². The Hall–Kier alpha value is -4.18. The van der Waals surface area contributed by atoms with Crippen LogP contribution in [0.5, 0.6) is 23.0 Å². The monoisotopic (exact) mass is 422 g/mol. The zero-order chi connectivity index (χ0) is 22.6. The van der Waals surface area contributed by atoms with Gasteiger partial charge in [0, 0.05) is 34.4 Å². The van der Waals surface area contributed by atoms with Crippen molar-refractivity contribution in [2.45, 2.75) is 13.8 Å². The maximum absolute atomic E-state index is 10.8. The standard InChI is InChI=1S/C28H22O4/c1-15-11-17(29)13-23(31)25(15)27-19-7-3-5-9-21(19)28(22-10-6-4-8-20(22)27)26-16(2)12-18(30)14-24(26)32/h3-14,29-32H,1-2H3. The van der Waals surface area contributed by atoms with Crippen LogP contribution >= 0.6 is 0 Å². The zero-order valence-corrected chi connectivity index (χ0v) is 17.7. The molecule has 0 amide bonds. The fraction of sp³-hybridized carbons (Fsp3) is 0.0714. The summed E-state index contributed by atoms with van der Waals surface area (Å²) >= 11 is 0. The minimum absolute atomic E-state index is 0.00853. The van der Waals surface area contributed by atoms with E-state index in [9.17, 15) is 20.4 Å². The number of benzene rings is 5. The molecular formula is C28H22O4. The number of hydrogen-bond acceptors (Lipinski definition) is 4. The first-order valence-corrected chi connectivity index (χ1v) is 10.4. The van der Waals surface area contributed by atoms with Crippen LogP contribution in [0.4, 0.5) is 0 Å². The fourth-order valence-corrected chi connectivity index (χ4v) is 4.82. The lowest BCUT2D eigenvalue weighted by Crippen LogP contribution is -1.94. The second-order valence-corrected chi connectivity index (χ2v) is 8.15. The Kier molecular flexibility index (Phi) is 4.45. The van der Waals surface area contributed by atoms with Crippen LogP contribution in [0.15, 0.2) is 72.8 Å². The summed E-state index contributed by atoms with van der Waals surface area (Å²) in [6.07, 6.45) is 0. The maximum Gasteiger partial charge on any atom is 0.127 e. The number of phenols is 4. The number of aryl methyl sites for hydroxylation is 2. The second-order valence-electron chi connectivity index (χ2n) is 8.15. The lowest BCUT2D eigenvalue weighted by molar-refractivity contribution is 0.450. The molecule has 0 bridgehead atoms. The summed E-state index contributed by atoms with van der Waals surface area (Å²) in [5.74, 6) is 0.0423. The number of aromatic hydroxyl groups is 4. The average molecular weight is 422 g/mol. The van der Waals surface area contributed by atoms with Gasteiger partial charge in [-0.3, -0.25) is 0 Å². The van der Waals surface area contributed by atoms with E-state index in [1.807, 2.05) is 62.4 Å². The molecule has 0 radical (unpaired) electrons. The number of rotatable bonds is 2. The molecule has 4 N–H and O–H groups in total. The molecule has 32 heavy (non-hydrogen) atoms. The third kappa shape index (κ3) is 2.92. The van der Waals surface area contributed by atoms with Gasteiger partial charge in [0.15, 0.2) is 0 Å². The summed E-state index contributed by atoms with van der Waals surface area (Å²) in [7, 11) is 0. The molecule has 0 aliphatic carbocycles. The highest BCUT2D eigenvalue weighted by Crippen LogP contribution is 2.49. The van der Waals surface area contributed by atoms with Gasteiger partial charge in [-0.15, -0.1) is 0 Å². The van der Waals surface area contributed by atoms with E-state index in [-0.39, 0.29) is 23.0 Å². The third-order valence-electron chi connectivity index (χ3n) is 6.03. The molecule has 0 saturated carbocycles. The molecule has 0 heterocycles. The Labute approximate surface area is 185 Å². The lowest BCUT2D eigenvalue weighted by Gasteiger charge is -2.21. The smallest absolute Gasteiger partial charge is 0.127 e. The summed E-state index contributed by atoms with van der Waals surface area (Å²) in [6.45, 7) is 3.73. The van der Waals surface area contributed by atoms with E-state index in [4.69, 9.17) is 0 Å². The summed E-state index contributed by atoms with van der Waals surface area (Å²) < 4.78 is 0. The summed E-state index contributed by atoms with van der Waals surface area (Å²) in [4.78, 5) is 0. The zero-order valence-electron chi connectivity index (χ0n) is 17.7. The first-order valence-electron chi connectivity index (χ1n) is 10.4. The molecule has 0 unspecified atom stereocenters. The SMILES string of the molecule is Cc1cc(O)cc(O)c1-c1c2ccccc2c(-c2c(C)cc(O)cc2O)c2ccccc12. The average Bonchev–Trinajstić information content (AvgIpc) is 2.73. The molecule has 0 spiro atoms. The summed E-state index contributed by atoms with van der Waals surface area (Å²) in [6, 6.07) is 21.8. The number of fused-ring (bicyclic) bond motifs is 2. The van der Waals surface area contributed by atoms with Crippen molar-refractivity contribution >= 4 is 21.5 Å². The highest BCUT2D eigenvalue weighted by Gasteiger charge is 2.22. The molecule has 0 fully saturated rings. The molecule has 0 atom stereocenters. The molecule has 4 heteroatoms. The van der Waals surface area contributed by atoms with Gasteiger partial charge in [0.25, 0.3) is 0 Å². The van der Waals surface area contributed by atoms with Crippen LogP contribution in [0.2, 0.25) is 0 Å². The highest BCUT2D eigenvalue weighted by atomic mass is 16.3. The molecule has 5 aromatic carbocycles. The largest absolute Gasteiger partial charge is 0.508 e. The normalized spacial score (nSPS) is 11.3. The predicted octanol–water partition coefficient (Wildman–Crippen LogP) is 6.77. The summed E-state index contributed by atoms with van der Waals surface area (Å²) in [5.41, 5.74) is 4.57. The van der Waals surface area contributed by atoms with E-state index in [1.54, 1.807) is 12.1 Å². The minimum atomic E-state index is 0.00853. The highest BCUT2D eigenvalue weighted by molar-refractivity contribution is 6.22. The van der Waals surface area contributed by atoms with E-state index >= 15 is 0 Å². The Bertz CT molecular complexity index is 1310. The van der Waals surface area contributed by atoms with Crippen molar-refractivity contribution in [3.63, 3.8) is 0 Å². The van der Waals surface area contributed by atoms with Gasteiger partial charge in [0.2, 0.25) is 0 Å². The van der Waals surface area contributed by atoms with E-state index in [0.29, 0.717) is 11.1 Å². The van der Waals surface area contributed by atoms with Gasteiger partial charge in [-0.05, 0) is 58.7 Å². The Morgan fingerprint density at radius 3 is 1.03 bits per heavy atom. The van der Waals surface area contributed by atoms with Gasteiger partial charge in [-0.2, -0.15) is 0 Å². The Balaban J connectivity index is 2.04. The van der Waals surface area contributed by atoms with Gasteiger partial charge < -0.3 is 20.4 Å². The van der Waals surface area contributed by atoms with Crippen molar-refractivity contribution in [2.24, 2.45) is 0 Å². The molecule has 4 nitrogen and oxygen atoms in total. The quantitative estimate of drug-likeness (QED) is 0.237. The van der Waals surface area contributed by atoms with E-state index in [2.05, 4.69) is 0 Å². The van der Waals surface area contributed by atoms with Gasteiger partial charge in [-0.1, -0.05) is 48.5 Å². The van der Waals surface area contributed by atoms with Crippen LogP contribution in [0.25, 0.3) is 43.8 Å². The van der Waals surface area contributed by atoms with Gasteiger partial charge in [0.05, 0.1) is 0 Å². The van der Waals surface area contributed by atoms with E-state index in [1.165, 1.54) is 12.1 Å². The van der Waals surface area contributed by atoms with Crippen molar-refractivity contribution < 1.29 is 20.4 Å². The molecule has 0 aliphatic heterocycles. The van der Waals surface area contributed by atoms with E-state index in [0.717, 1.165) is 43.8 Å².